The highest BCUT2D eigenvalue weighted by Crippen LogP contribution is 2.34. The first-order valence-electron chi connectivity index (χ1n) is 10.0. The van der Waals surface area contributed by atoms with Gasteiger partial charge in [-0.2, -0.15) is 0 Å². The highest BCUT2D eigenvalue weighted by atomic mass is 32.1. The van der Waals surface area contributed by atoms with Gasteiger partial charge in [-0.25, -0.2) is 0 Å². The summed E-state index contributed by atoms with van der Waals surface area (Å²) in [6.07, 6.45) is 2.16. The molecule has 0 aromatic heterocycles. The monoisotopic (exact) mass is 408 g/mol. The summed E-state index contributed by atoms with van der Waals surface area (Å²) in [5.41, 5.74) is 6.43. The molecule has 1 amide bonds. The molecule has 0 bridgehead atoms. The molecule has 0 heterocycles. The lowest BCUT2D eigenvalue weighted by atomic mass is 10.0. The Balaban J connectivity index is 1.31. The van der Waals surface area contributed by atoms with E-state index in [1.165, 1.54) is 16.5 Å². The highest BCUT2D eigenvalue weighted by molar-refractivity contribution is 7.80. The number of rotatable bonds is 3. The highest BCUT2D eigenvalue weighted by Gasteiger charge is 2.16. The Morgan fingerprint density at radius 3 is 2.20 bits per heavy atom. The standard InChI is InChI=1S/C26H20N2OS/c29-25(21-13-9-18(10-14-21)17-5-2-1-3-6-17)28-26(30)27-23-16-15-20-12-11-19-7-4-8-22(23)24(19)20/h1-10,13-16H,11-12H2,(H2,27,28,29,30). The Labute approximate surface area is 180 Å². The van der Waals surface area contributed by atoms with Crippen LogP contribution in [0.4, 0.5) is 5.69 Å². The molecule has 5 rings (SSSR count). The number of carbonyl (C=O) groups is 1. The molecule has 0 aliphatic heterocycles. The first-order valence-corrected chi connectivity index (χ1v) is 10.4. The van der Waals surface area contributed by atoms with Crippen LogP contribution in [-0.2, 0) is 12.8 Å². The van der Waals surface area contributed by atoms with Crippen LogP contribution >= 0.6 is 12.2 Å². The number of carbonyl (C=O) groups excluding carboxylic acids is 1. The van der Waals surface area contributed by atoms with Crippen LogP contribution in [0.15, 0.2) is 84.9 Å². The second-order valence-electron chi connectivity index (χ2n) is 7.46. The maximum atomic E-state index is 12.6. The van der Waals surface area contributed by atoms with E-state index in [1.807, 2.05) is 60.7 Å². The van der Waals surface area contributed by atoms with Crippen molar-refractivity contribution in [1.29, 1.82) is 0 Å². The third-order valence-electron chi connectivity index (χ3n) is 5.61. The molecule has 4 aromatic carbocycles. The van der Waals surface area contributed by atoms with Gasteiger partial charge in [0.05, 0.1) is 0 Å². The van der Waals surface area contributed by atoms with Gasteiger partial charge in [-0.15, -0.1) is 0 Å². The van der Waals surface area contributed by atoms with Gasteiger partial charge in [0, 0.05) is 16.6 Å². The van der Waals surface area contributed by atoms with Crippen LogP contribution in [0.2, 0.25) is 0 Å². The van der Waals surface area contributed by atoms with E-state index in [2.05, 4.69) is 34.9 Å². The van der Waals surface area contributed by atoms with Gasteiger partial charge in [-0.3, -0.25) is 10.1 Å². The molecule has 4 aromatic rings. The summed E-state index contributed by atoms with van der Waals surface area (Å²) in [6.45, 7) is 0. The maximum Gasteiger partial charge on any atom is 0.257 e. The summed E-state index contributed by atoms with van der Waals surface area (Å²) in [5.74, 6) is -0.224. The van der Waals surface area contributed by atoms with Crippen molar-refractivity contribution in [2.24, 2.45) is 0 Å². The molecule has 1 aliphatic carbocycles. The lowest BCUT2D eigenvalue weighted by Gasteiger charge is -2.13. The lowest BCUT2D eigenvalue weighted by molar-refractivity contribution is 0.0978. The minimum absolute atomic E-state index is 0.224. The summed E-state index contributed by atoms with van der Waals surface area (Å²) in [5, 5.41) is 8.75. The van der Waals surface area contributed by atoms with E-state index in [4.69, 9.17) is 12.2 Å². The first-order chi connectivity index (χ1) is 14.7. The number of nitrogens with one attached hydrogen (secondary N) is 2. The van der Waals surface area contributed by atoms with Crippen molar-refractivity contribution < 1.29 is 4.79 Å². The van der Waals surface area contributed by atoms with Crippen LogP contribution in [0, 0.1) is 0 Å². The third kappa shape index (κ3) is 3.46. The fraction of sp³-hybridized carbons (Fsp3) is 0.0769. The summed E-state index contributed by atoms with van der Waals surface area (Å²) in [6, 6.07) is 28.2. The summed E-state index contributed by atoms with van der Waals surface area (Å²) in [4.78, 5) is 12.6. The topological polar surface area (TPSA) is 41.1 Å². The molecule has 1 aliphatic rings. The van der Waals surface area contributed by atoms with Gasteiger partial charge in [0.2, 0.25) is 0 Å². The molecule has 0 saturated carbocycles. The molecule has 146 valence electrons. The van der Waals surface area contributed by atoms with Crippen LogP contribution in [0.3, 0.4) is 0 Å². The van der Waals surface area contributed by atoms with E-state index in [1.54, 1.807) is 0 Å². The molecule has 3 nitrogen and oxygen atoms in total. The lowest BCUT2D eigenvalue weighted by Crippen LogP contribution is -2.34. The van der Waals surface area contributed by atoms with Crippen molar-refractivity contribution >= 4 is 39.7 Å². The number of thiocarbonyl (C=S) groups is 1. The van der Waals surface area contributed by atoms with Crippen molar-refractivity contribution in [2.45, 2.75) is 12.8 Å². The zero-order chi connectivity index (χ0) is 20.5. The van der Waals surface area contributed by atoms with E-state index < -0.39 is 0 Å². The SMILES string of the molecule is O=C(NC(=S)Nc1ccc2c3c(cccc13)CC2)c1ccc(-c2ccccc2)cc1. The first kappa shape index (κ1) is 18.5. The molecule has 4 heteroatoms. The van der Waals surface area contributed by atoms with Crippen LogP contribution in [-0.4, -0.2) is 11.0 Å². The second-order valence-corrected chi connectivity index (χ2v) is 7.87. The molecule has 0 atom stereocenters. The van der Waals surface area contributed by atoms with Gasteiger partial charge in [-0.05, 0) is 70.9 Å². The van der Waals surface area contributed by atoms with Crippen LogP contribution < -0.4 is 10.6 Å². The van der Waals surface area contributed by atoms with E-state index in [0.29, 0.717) is 10.7 Å². The summed E-state index contributed by atoms with van der Waals surface area (Å²) in [7, 11) is 0. The maximum absolute atomic E-state index is 12.6. The van der Waals surface area contributed by atoms with E-state index in [0.717, 1.165) is 35.0 Å². The molecular weight excluding hydrogens is 388 g/mol. The van der Waals surface area contributed by atoms with Crippen molar-refractivity contribution in [2.75, 3.05) is 5.32 Å². The van der Waals surface area contributed by atoms with Gasteiger partial charge in [0.1, 0.15) is 0 Å². The minimum Gasteiger partial charge on any atom is -0.332 e. The average Bonchev–Trinajstić information content (AvgIpc) is 3.21. The molecular formula is C26H20N2OS. The fourth-order valence-electron chi connectivity index (χ4n) is 4.13. The predicted molar refractivity (Wildman–Crippen MR) is 127 cm³/mol. The van der Waals surface area contributed by atoms with Crippen molar-refractivity contribution in [3.63, 3.8) is 0 Å². The average molecular weight is 409 g/mol. The second kappa shape index (κ2) is 7.73. The molecule has 0 radical (unpaired) electrons. The van der Waals surface area contributed by atoms with E-state index in [9.17, 15) is 4.79 Å². The molecule has 0 unspecified atom stereocenters. The van der Waals surface area contributed by atoms with Gasteiger partial charge in [0.15, 0.2) is 5.11 Å². The molecule has 0 spiro atoms. The number of benzene rings is 4. The summed E-state index contributed by atoms with van der Waals surface area (Å²) >= 11 is 5.42. The minimum atomic E-state index is -0.224. The Morgan fingerprint density at radius 1 is 0.733 bits per heavy atom. The number of amides is 1. The van der Waals surface area contributed by atoms with Crippen molar-refractivity contribution in [3.8, 4) is 11.1 Å². The van der Waals surface area contributed by atoms with E-state index >= 15 is 0 Å². The smallest absolute Gasteiger partial charge is 0.257 e. The van der Waals surface area contributed by atoms with Gasteiger partial charge in [0.25, 0.3) is 5.91 Å². The molecule has 0 fully saturated rings. The predicted octanol–water partition coefficient (Wildman–Crippen LogP) is 5.73. The van der Waals surface area contributed by atoms with Gasteiger partial charge in [-0.1, -0.05) is 66.7 Å². The zero-order valence-corrected chi connectivity index (χ0v) is 17.1. The van der Waals surface area contributed by atoms with Gasteiger partial charge >= 0.3 is 0 Å². The number of hydrogen-bond acceptors (Lipinski definition) is 2. The number of hydrogen-bond donors (Lipinski definition) is 2. The Morgan fingerprint density at radius 2 is 1.43 bits per heavy atom. The van der Waals surface area contributed by atoms with Gasteiger partial charge < -0.3 is 5.32 Å². The largest absolute Gasteiger partial charge is 0.332 e. The quantitative estimate of drug-likeness (QED) is 0.425. The zero-order valence-electron chi connectivity index (χ0n) is 16.3. The number of anilines is 1. The molecule has 30 heavy (non-hydrogen) atoms. The Bertz CT molecular complexity index is 1250. The number of aryl methyl sites for hydroxylation is 2. The van der Waals surface area contributed by atoms with Crippen molar-refractivity contribution in [3.05, 3.63) is 102 Å². The third-order valence-corrected chi connectivity index (χ3v) is 5.81. The van der Waals surface area contributed by atoms with Crippen LogP contribution in [0.25, 0.3) is 21.9 Å². The summed E-state index contributed by atoms with van der Waals surface area (Å²) < 4.78 is 0. The molecule has 0 saturated heterocycles. The fourth-order valence-corrected chi connectivity index (χ4v) is 4.33. The Kier molecular flexibility index (Phi) is 4.77. The van der Waals surface area contributed by atoms with E-state index in [-0.39, 0.29) is 5.91 Å². The Hall–Kier alpha value is -3.50. The molecule has 2 N–H and O–H groups in total. The van der Waals surface area contributed by atoms with Crippen LogP contribution in [0.5, 0.6) is 0 Å². The van der Waals surface area contributed by atoms with Crippen molar-refractivity contribution in [1.82, 2.24) is 5.32 Å². The van der Waals surface area contributed by atoms with Crippen LogP contribution in [0.1, 0.15) is 21.5 Å². The normalized spacial score (nSPS) is 12.0.